The first-order chi connectivity index (χ1) is 10.5. The van der Waals surface area contributed by atoms with E-state index in [0.717, 1.165) is 19.3 Å². The fourth-order valence-electron chi connectivity index (χ4n) is 1.87. The van der Waals surface area contributed by atoms with Crippen molar-refractivity contribution in [2.45, 2.75) is 71.8 Å². The summed E-state index contributed by atoms with van der Waals surface area (Å²) >= 11 is 0. The Hall–Kier alpha value is -1.59. The highest BCUT2D eigenvalue weighted by atomic mass is 16.6. The third kappa shape index (κ3) is 13.4. The summed E-state index contributed by atoms with van der Waals surface area (Å²) in [4.78, 5) is 33.2. The molecule has 0 saturated carbocycles. The van der Waals surface area contributed by atoms with Crippen LogP contribution in [0.3, 0.4) is 0 Å². The molecule has 0 heterocycles. The molecule has 0 saturated heterocycles. The molecular weight excluding hydrogens is 288 g/mol. The Kier molecular flexibility index (Phi) is 12.2. The van der Waals surface area contributed by atoms with Crippen LogP contribution in [-0.2, 0) is 28.6 Å². The first-order valence-electron chi connectivity index (χ1n) is 7.91. The minimum Gasteiger partial charge on any atom is -0.466 e. The van der Waals surface area contributed by atoms with Crippen molar-refractivity contribution in [1.82, 2.24) is 0 Å². The van der Waals surface area contributed by atoms with E-state index in [0.29, 0.717) is 32.3 Å². The van der Waals surface area contributed by atoms with Crippen LogP contribution in [0.15, 0.2) is 0 Å². The van der Waals surface area contributed by atoms with E-state index >= 15 is 0 Å². The Morgan fingerprint density at radius 3 is 2.18 bits per heavy atom. The fraction of sp³-hybridized carbons (Fsp3) is 0.812. The molecule has 1 atom stereocenters. The van der Waals surface area contributed by atoms with Gasteiger partial charge in [-0.2, -0.15) is 0 Å². The molecule has 0 aromatic rings. The average molecular weight is 316 g/mol. The lowest BCUT2D eigenvalue weighted by atomic mass is 10.1. The van der Waals surface area contributed by atoms with Crippen LogP contribution in [0.25, 0.3) is 0 Å². The molecule has 0 aliphatic carbocycles. The van der Waals surface area contributed by atoms with E-state index in [4.69, 9.17) is 14.2 Å². The molecule has 6 heteroatoms. The summed E-state index contributed by atoms with van der Waals surface area (Å²) in [6, 6.07) is 0. The highest BCUT2D eigenvalue weighted by molar-refractivity contribution is 5.69. The quantitative estimate of drug-likeness (QED) is 0.313. The smallest absolute Gasteiger partial charge is 0.305 e. The lowest BCUT2D eigenvalue weighted by Crippen LogP contribution is -2.19. The van der Waals surface area contributed by atoms with E-state index in [1.807, 2.05) is 6.92 Å². The van der Waals surface area contributed by atoms with Crippen LogP contribution < -0.4 is 0 Å². The molecule has 0 aromatic carbocycles. The van der Waals surface area contributed by atoms with Crippen molar-refractivity contribution in [1.29, 1.82) is 0 Å². The molecule has 0 aromatic heterocycles. The third-order valence-corrected chi connectivity index (χ3v) is 3.00. The van der Waals surface area contributed by atoms with E-state index < -0.39 is 0 Å². The van der Waals surface area contributed by atoms with Gasteiger partial charge in [-0.05, 0) is 25.7 Å². The van der Waals surface area contributed by atoms with Gasteiger partial charge in [0.2, 0.25) is 0 Å². The van der Waals surface area contributed by atoms with Gasteiger partial charge in [0.05, 0.1) is 13.2 Å². The molecule has 0 fully saturated rings. The Balaban J connectivity index is 3.84. The van der Waals surface area contributed by atoms with Gasteiger partial charge in [-0.15, -0.1) is 0 Å². The molecule has 0 aliphatic rings. The molecule has 128 valence electrons. The number of esters is 3. The highest BCUT2D eigenvalue weighted by Crippen LogP contribution is 2.12. The molecule has 0 rings (SSSR count). The summed E-state index contributed by atoms with van der Waals surface area (Å²) in [5, 5.41) is 0. The van der Waals surface area contributed by atoms with E-state index in [1.54, 1.807) is 0 Å². The summed E-state index contributed by atoms with van der Waals surface area (Å²) < 4.78 is 15.1. The molecule has 1 unspecified atom stereocenters. The maximum atomic E-state index is 11.4. The van der Waals surface area contributed by atoms with Crippen molar-refractivity contribution >= 4 is 17.9 Å². The molecule has 22 heavy (non-hydrogen) atoms. The van der Waals surface area contributed by atoms with Gasteiger partial charge in [0.15, 0.2) is 0 Å². The van der Waals surface area contributed by atoms with Crippen LogP contribution in [0.4, 0.5) is 0 Å². The van der Waals surface area contributed by atoms with Gasteiger partial charge in [0.1, 0.15) is 6.10 Å². The predicted molar refractivity (Wildman–Crippen MR) is 81.1 cm³/mol. The minimum absolute atomic E-state index is 0.183. The fourth-order valence-corrected chi connectivity index (χ4v) is 1.87. The zero-order valence-corrected chi connectivity index (χ0v) is 13.9. The second-order valence-electron chi connectivity index (χ2n) is 5.18. The summed E-state index contributed by atoms with van der Waals surface area (Å²) in [5.74, 6) is -0.888. The maximum Gasteiger partial charge on any atom is 0.305 e. The molecule has 0 spiro atoms. The summed E-state index contributed by atoms with van der Waals surface area (Å²) in [6.45, 7) is 5.44. The number of rotatable bonds is 12. The van der Waals surface area contributed by atoms with Gasteiger partial charge in [0.25, 0.3) is 0 Å². The molecule has 0 amide bonds. The summed E-state index contributed by atoms with van der Waals surface area (Å²) in [7, 11) is 0. The molecular formula is C16H28O6. The van der Waals surface area contributed by atoms with Gasteiger partial charge >= 0.3 is 17.9 Å². The number of unbranched alkanes of at least 4 members (excludes halogenated alkanes) is 2. The first kappa shape index (κ1) is 20.4. The van der Waals surface area contributed by atoms with Gasteiger partial charge < -0.3 is 14.2 Å². The lowest BCUT2D eigenvalue weighted by molar-refractivity contribution is -0.149. The van der Waals surface area contributed by atoms with E-state index in [1.165, 1.54) is 13.8 Å². The lowest BCUT2D eigenvalue weighted by Gasteiger charge is -2.16. The van der Waals surface area contributed by atoms with Crippen molar-refractivity contribution in [3.63, 3.8) is 0 Å². The van der Waals surface area contributed by atoms with Crippen molar-refractivity contribution in [3.05, 3.63) is 0 Å². The predicted octanol–water partition coefficient (Wildman–Crippen LogP) is 2.78. The van der Waals surface area contributed by atoms with Crippen LogP contribution >= 0.6 is 0 Å². The minimum atomic E-state index is -0.355. The van der Waals surface area contributed by atoms with Gasteiger partial charge in [-0.3, -0.25) is 14.4 Å². The Morgan fingerprint density at radius 1 is 0.864 bits per heavy atom. The van der Waals surface area contributed by atoms with E-state index in [2.05, 4.69) is 0 Å². The summed E-state index contributed by atoms with van der Waals surface area (Å²) in [6.07, 6.45) is 4.53. The number of hydrogen-bond donors (Lipinski definition) is 0. The Labute approximate surface area is 132 Å². The van der Waals surface area contributed by atoms with Crippen LogP contribution in [-0.4, -0.2) is 37.2 Å². The maximum absolute atomic E-state index is 11.4. The second kappa shape index (κ2) is 13.1. The van der Waals surface area contributed by atoms with Crippen molar-refractivity contribution in [3.8, 4) is 0 Å². The number of carbonyl (C=O) groups excluding carboxylic acids is 3. The largest absolute Gasteiger partial charge is 0.466 e. The van der Waals surface area contributed by atoms with E-state index in [9.17, 15) is 14.4 Å². The molecule has 6 nitrogen and oxygen atoms in total. The zero-order chi connectivity index (χ0) is 16.8. The average Bonchev–Trinajstić information content (AvgIpc) is 2.42. The molecule has 0 radical (unpaired) electrons. The van der Waals surface area contributed by atoms with Crippen LogP contribution in [0.5, 0.6) is 0 Å². The standard InChI is InChI=1S/C16H28O6/c1-4-5-11-21-16(19)9-7-6-8-15(22-14(3)18)10-12-20-13(2)17/h15H,4-12H2,1-3H3. The summed E-state index contributed by atoms with van der Waals surface area (Å²) in [5.41, 5.74) is 0. The van der Waals surface area contributed by atoms with Crippen molar-refractivity contribution in [2.24, 2.45) is 0 Å². The Morgan fingerprint density at radius 2 is 1.59 bits per heavy atom. The van der Waals surface area contributed by atoms with Crippen LogP contribution in [0.1, 0.15) is 65.7 Å². The monoisotopic (exact) mass is 316 g/mol. The Bertz CT molecular complexity index is 340. The molecule has 0 N–H and O–H groups in total. The second-order valence-corrected chi connectivity index (χ2v) is 5.18. The zero-order valence-electron chi connectivity index (χ0n) is 13.9. The van der Waals surface area contributed by atoms with Gasteiger partial charge in [-0.25, -0.2) is 0 Å². The topological polar surface area (TPSA) is 78.9 Å². The number of ether oxygens (including phenoxy) is 3. The van der Waals surface area contributed by atoms with E-state index in [-0.39, 0.29) is 30.6 Å². The van der Waals surface area contributed by atoms with Gasteiger partial charge in [-0.1, -0.05) is 13.3 Å². The number of carbonyl (C=O) groups is 3. The SMILES string of the molecule is CCCCOC(=O)CCCCC(CCOC(C)=O)OC(C)=O. The molecule has 0 aliphatic heterocycles. The normalized spacial score (nSPS) is 11.6. The van der Waals surface area contributed by atoms with Crippen LogP contribution in [0.2, 0.25) is 0 Å². The first-order valence-corrected chi connectivity index (χ1v) is 7.91. The van der Waals surface area contributed by atoms with Crippen molar-refractivity contribution in [2.75, 3.05) is 13.2 Å². The highest BCUT2D eigenvalue weighted by Gasteiger charge is 2.13. The van der Waals surface area contributed by atoms with Crippen molar-refractivity contribution < 1.29 is 28.6 Å². The third-order valence-electron chi connectivity index (χ3n) is 3.00. The molecule has 0 bridgehead atoms. The van der Waals surface area contributed by atoms with Gasteiger partial charge in [0, 0.05) is 26.7 Å². The van der Waals surface area contributed by atoms with Crippen LogP contribution in [0, 0.1) is 0 Å². The number of hydrogen-bond acceptors (Lipinski definition) is 6.